The molecule has 2 bridgehead atoms. The Labute approximate surface area is 111 Å². The van der Waals surface area contributed by atoms with E-state index >= 15 is 0 Å². The molecule has 0 N–H and O–H groups in total. The minimum absolute atomic E-state index is 0.0741. The Hall–Kier alpha value is -0.630. The lowest BCUT2D eigenvalue weighted by Gasteiger charge is -2.36. The summed E-state index contributed by atoms with van der Waals surface area (Å²) in [5, 5.41) is 0. The molecule has 3 heteroatoms. The first-order valence-electron chi connectivity index (χ1n) is 6.62. The quantitative estimate of drug-likeness (QED) is 0.707. The Morgan fingerprint density at radius 2 is 1.89 bits per heavy atom. The summed E-state index contributed by atoms with van der Waals surface area (Å²) in [5.74, 6) is 1.06. The van der Waals surface area contributed by atoms with Crippen LogP contribution in [0, 0.1) is 28.9 Å². The molecule has 18 heavy (non-hydrogen) atoms. The summed E-state index contributed by atoms with van der Waals surface area (Å²) < 4.78 is 26.5. The Morgan fingerprint density at radius 3 is 2.39 bits per heavy atom. The largest absolute Gasteiger partial charge is 0.207 e. The summed E-state index contributed by atoms with van der Waals surface area (Å²) in [4.78, 5) is 0. The van der Waals surface area contributed by atoms with Crippen molar-refractivity contribution in [3.63, 3.8) is 0 Å². The fourth-order valence-electron chi connectivity index (χ4n) is 4.11. The minimum atomic E-state index is -0.488. The third-order valence-electron chi connectivity index (χ3n) is 4.85. The van der Waals surface area contributed by atoms with Gasteiger partial charge in [-0.1, -0.05) is 6.42 Å². The third-order valence-corrected chi connectivity index (χ3v) is 5.38. The highest BCUT2D eigenvalue weighted by molar-refractivity contribution is 6.18. The van der Waals surface area contributed by atoms with Gasteiger partial charge in [0.1, 0.15) is 11.6 Å². The number of benzene rings is 1. The first-order chi connectivity index (χ1) is 8.61. The van der Waals surface area contributed by atoms with Crippen molar-refractivity contribution < 1.29 is 8.78 Å². The van der Waals surface area contributed by atoms with Gasteiger partial charge in [0.15, 0.2) is 0 Å². The standard InChI is InChI=1S/C15H17ClF2/c16-9-15(7-10-1-2-12(15)3-10)8-11-4-13(17)6-14(18)5-11/h4-6,10,12H,1-3,7-9H2. The predicted molar refractivity (Wildman–Crippen MR) is 68.7 cm³/mol. The SMILES string of the molecule is Fc1cc(F)cc(CC2(CCl)CC3CCC2C3)c1. The van der Waals surface area contributed by atoms with Gasteiger partial charge in [-0.3, -0.25) is 0 Å². The highest BCUT2D eigenvalue weighted by Crippen LogP contribution is 2.57. The van der Waals surface area contributed by atoms with Crippen molar-refractivity contribution in [3.05, 3.63) is 35.4 Å². The van der Waals surface area contributed by atoms with Crippen molar-refractivity contribution in [2.75, 3.05) is 5.88 Å². The smallest absolute Gasteiger partial charge is 0.126 e. The lowest BCUT2D eigenvalue weighted by Crippen LogP contribution is -2.32. The van der Waals surface area contributed by atoms with E-state index < -0.39 is 11.6 Å². The van der Waals surface area contributed by atoms with E-state index in [4.69, 9.17) is 11.6 Å². The van der Waals surface area contributed by atoms with E-state index in [1.165, 1.54) is 31.4 Å². The van der Waals surface area contributed by atoms with Crippen LogP contribution in [0.3, 0.4) is 0 Å². The van der Waals surface area contributed by atoms with Crippen LogP contribution in [0.25, 0.3) is 0 Å². The second-order valence-electron chi connectivity index (χ2n) is 6.03. The molecule has 3 unspecified atom stereocenters. The van der Waals surface area contributed by atoms with E-state index in [0.29, 0.717) is 18.2 Å². The molecule has 0 radical (unpaired) electrons. The second kappa shape index (κ2) is 4.48. The van der Waals surface area contributed by atoms with Crippen LogP contribution < -0.4 is 0 Å². The number of halogens is 3. The van der Waals surface area contributed by atoms with Crippen LogP contribution in [0.15, 0.2) is 18.2 Å². The van der Waals surface area contributed by atoms with Crippen LogP contribution in [0.2, 0.25) is 0 Å². The fraction of sp³-hybridized carbons (Fsp3) is 0.600. The van der Waals surface area contributed by atoms with Gasteiger partial charge in [-0.05, 0) is 60.6 Å². The molecule has 2 aliphatic rings. The van der Waals surface area contributed by atoms with Crippen molar-refractivity contribution in [1.29, 1.82) is 0 Å². The van der Waals surface area contributed by atoms with Crippen molar-refractivity contribution in [2.45, 2.75) is 32.1 Å². The molecule has 1 aromatic rings. The van der Waals surface area contributed by atoms with Gasteiger partial charge in [-0.2, -0.15) is 0 Å². The van der Waals surface area contributed by atoms with Crippen molar-refractivity contribution in [1.82, 2.24) is 0 Å². The predicted octanol–water partition coefficient (Wildman–Crippen LogP) is 4.55. The lowest BCUT2D eigenvalue weighted by atomic mass is 9.71. The third kappa shape index (κ3) is 2.05. The maximum Gasteiger partial charge on any atom is 0.126 e. The molecule has 0 heterocycles. The molecular formula is C15H17ClF2. The van der Waals surface area contributed by atoms with E-state index in [2.05, 4.69) is 0 Å². The van der Waals surface area contributed by atoms with Gasteiger partial charge < -0.3 is 0 Å². The van der Waals surface area contributed by atoms with Crippen molar-refractivity contribution in [2.24, 2.45) is 17.3 Å². The van der Waals surface area contributed by atoms with Crippen LogP contribution >= 0.6 is 11.6 Å². The maximum absolute atomic E-state index is 13.2. The number of hydrogen-bond donors (Lipinski definition) is 0. The molecule has 0 aliphatic heterocycles. The van der Waals surface area contributed by atoms with Crippen LogP contribution in [-0.2, 0) is 6.42 Å². The average molecular weight is 271 g/mol. The Kier molecular flexibility index (Phi) is 3.09. The summed E-state index contributed by atoms with van der Waals surface area (Å²) >= 11 is 6.20. The van der Waals surface area contributed by atoms with Gasteiger partial charge in [0.25, 0.3) is 0 Å². The summed E-state index contributed by atoms with van der Waals surface area (Å²) in [6.45, 7) is 0. The summed E-state index contributed by atoms with van der Waals surface area (Å²) in [6.07, 6.45) is 5.63. The highest BCUT2D eigenvalue weighted by Gasteiger charge is 2.50. The van der Waals surface area contributed by atoms with Crippen LogP contribution in [0.1, 0.15) is 31.2 Å². The zero-order chi connectivity index (χ0) is 12.8. The molecule has 0 nitrogen and oxygen atoms in total. The Bertz CT molecular complexity index is 440. The second-order valence-corrected chi connectivity index (χ2v) is 6.30. The van der Waals surface area contributed by atoms with Crippen molar-refractivity contribution >= 4 is 11.6 Å². The van der Waals surface area contributed by atoms with Crippen molar-refractivity contribution in [3.8, 4) is 0 Å². The van der Waals surface area contributed by atoms with Gasteiger partial charge in [0, 0.05) is 11.9 Å². The molecule has 3 atom stereocenters. The zero-order valence-corrected chi connectivity index (χ0v) is 11.0. The van der Waals surface area contributed by atoms with Gasteiger partial charge in [-0.25, -0.2) is 8.78 Å². The molecule has 98 valence electrons. The molecule has 0 saturated heterocycles. The van der Waals surface area contributed by atoms with E-state index in [1.54, 1.807) is 0 Å². The van der Waals surface area contributed by atoms with E-state index in [-0.39, 0.29) is 5.41 Å². The van der Waals surface area contributed by atoms with E-state index in [9.17, 15) is 8.78 Å². The Balaban J connectivity index is 1.86. The molecular weight excluding hydrogens is 254 g/mol. The fourth-order valence-corrected chi connectivity index (χ4v) is 4.53. The first-order valence-corrected chi connectivity index (χ1v) is 7.16. The first kappa shape index (κ1) is 12.4. The van der Waals surface area contributed by atoms with Crippen LogP contribution in [0.4, 0.5) is 8.78 Å². The number of hydrogen-bond acceptors (Lipinski definition) is 0. The monoisotopic (exact) mass is 270 g/mol. The highest BCUT2D eigenvalue weighted by atomic mass is 35.5. The van der Waals surface area contributed by atoms with Gasteiger partial charge >= 0.3 is 0 Å². The molecule has 2 saturated carbocycles. The molecule has 2 fully saturated rings. The molecule has 2 aliphatic carbocycles. The molecule has 0 spiro atoms. The van der Waals surface area contributed by atoms with E-state index in [1.807, 2.05) is 0 Å². The number of fused-ring (bicyclic) bond motifs is 2. The summed E-state index contributed by atoms with van der Waals surface area (Å²) in [7, 11) is 0. The van der Waals surface area contributed by atoms with Gasteiger partial charge in [0.05, 0.1) is 0 Å². The lowest BCUT2D eigenvalue weighted by molar-refractivity contribution is 0.193. The maximum atomic E-state index is 13.2. The topological polar surface area (TPSA) is 0 Å². The normalized spacial score (nSPS) is 34.2. The average Bonchev–Trinajstić information content (AvgIpc) is 2.88. The zero-order valence-electron chi connectivity index (χ0n) is 10.3. The summed E-state index contributed by atoms with van der Waals surface area (Å²) in [5.41, 5.74) is 0.825. The molecule has 0 aromatic heterocycles. The summed E-state index contributed by atoms with van der Waals surface area (Å²) in [6, 6.07) is 3.82. The molecule has 3 rings (SSSR count). The Morgan fingerprint density at radius 1 is 1.17 bits per heavy atom. The molecule has 1 aromatic carbocycles. The minimum Gasteiger partial charge on any atom is -0.207 e. The number of rotatable bonds is 3. The van der Waals surface area contributed by atoms with Crippen LogP contribution in [0.5, 0.6) is 0 Å². The van der Waals surface area contributed by atoms with E-state index in [0.717, 1.165) is 24.0 Å². The number of alkyl halides is 1. The molecule has 0 amide bonds. The van der Waals surface area contributed by atoms with Crippen LogP contribution in [-0.4, -0.2) is 5.88 Å². The van der Waals surface area contributed by atoms with Gasteiger partial charge in [0.2, 0.25) is 0 Å². The van der Waals surface area contributed by atoms with Gasteiger partial charge in [-0.15, -0.1) is 11.6 Å².